The molecule has 20 heavy (non-hydrogen) atoms. The van der Waals surface area contributed by atoms with Gasteiger partial charge in [-0.15, -0.1) is 0 Å². The molecule has 4 heteroatoms. The number of hydrogen-bond donors (Lipinski definition) is 0. The molecule has 0 aliphatic heterocycles. The number of rotatable bonds is 3. The lowest BCUT2D eigenvalue weighted by Gasteiger charge is -2.36. The molecular weight excluding hydrogens is 264 g/mol. The zero-order valence-corrected chi connectivity index (χ0v) is 14.3. The average Bonchev–Trinajstić information content (AvgIpc) is 2.74. The molecule has 0 saturated carbocycles. The summed E-state index contributed by atoms with van der Waals surface area (Å²) in [6.45, 7) is 11.3. The van der Waals surface area contributed by atoms with Gasteiger partial charge < -0.3 is 4.43 Å². The normalized spacial score (nSPS) is 12.5. The summed E-state index contributed by atoms with van der Waals surface area (Å²) in [5, 5.41) is 4.64. The summed E-state index contributed by atoms with van der Waals surface area (Å²) < 4.78 is 8.16. The second-order valence-corrected chi connectivity index (χ2v) is 11.5. The monoisotopic (exact) mass is 288 g/mol. The summed E-state index contributed by atoms with van der Waals surface area (Å²) in [5.41, 5.74) is 2.08. The molecule has 108 valence electrons. The minimum absolute atomic E-state index is 0.202. The highest BCUT2D eigenvalue weighted by Gasteiger charge is 2.38. The Morgan fingerprint density at radius 1 is 1.15 bits per heavy atom. The molecule has 0 amide bonds. The van der Waals surface area contributed by atoms with Gasteiger partial charge >= 0.3 is 0 Å². The molecule has 3 nitrogen and oxygen atoms in total. The van der Waals surface area contributed by atoms with Crippen molar-refractivity contribution in [3.8, 4) is 17.0 Å². The highest BCUT2D eigenvalue weighted by Crippen LogP contribution is 2.37. The van der Waals surface area contributed by atoms with Crippen molar-refractivity contribution in [3.05, 3.63) is 36.5 Å². The number of benzene rings is 1. The third kappa shape index (κ3) is 3.12. The quantitative estimate of drug-likeness (QED) is 0.779. The van der Waals surface area contributed by atoms with E-state index in [1.807, 2.05) is 36.1 Å². The maximum Gasteiger partial charge on any atom is 0.250 e. The van der Waals surface area contributed by atoms with Crippen LogP contribution in [0.2, 0.25) is 18.1 Å². The lowest BCUT2D eigenvalue weighted by atomic mass is 10.1. The SMILES string of the molecule is Cn1ccc(-c2cccc(O[Si](C)(C)C(C)(C)C)c2)n1. The van der Waals surface area contributed by atoms with Crippen LogP contribution in [0, 0.1) is 0 Å². The van der Waals surface area contributed by atoms with E-state index in [0.717, 1.165) is 17.0 Å². The topological polar surface area (TPSA) is 27.1 Å². The minimum atomic E-state index is -1.79. The van der Waals surface area contributed by atoms with E-state index in [4.69, 9.17) is 4.43 Å². The maximum atomic E-state index is 6.34. The maximum absolute atomic E-state index is 6.34. The van der Waals surface area contributed by atoms with E-state index < -0.39 is 8.32 Å². The van der Waals surface area contributed by atoms with Crippen molar-refractivity contribution >= 4 is 8.32 Å². The number of aryl methyl sites for hydroxylation is 1. The lowest BCUT2D eigenvalue weighted by molar-refractivity contribution is 0.492. The first-order chi connectivity index (χ1) is 9.19. The highest BCUT2D eigenvalue weighted by molar-refractivity contribution is 6.74. The Balaban J connectivity index is 2.27. The number of hydrogen-bond acceptors (Lipinski definition) is 2. The van der Waals surface area contributed by atoms with Crippen LogP contribution in [-0.2, 0) is 7.05 Å². The van der Waals surface area contributed by atoms with Crippen LogP contribution < -0.4 is 4.43 Å². The van der Waals surface area contributed by atoms with Crippen LogP contribution in [0.15, 0.2) is 36.5 Å². The molecular formula is C16H24N2OSi. The van der Waals surface area contributed by atoms with Gasteiger partial charge in [0.25, 0.3) is 0 Å². The van der Waals surface area contributed by atoms with E-state index in [0.29, 0.717) is 0 Å². The molecule has 1 heterocycles. The lowest BCUT2D eigenvalue weighted by Crippen LogP contribution is -2.43. The van der Waals surface area contributed by atoms with Crippen molar-refractivity contribution in [2.45, 2.75) is 38.9 Å². The van der Waals surface area contributed by atoms with Gasteiger partial charge in [0.05, 0.1) is 5.69 Å². The standard InChI is InChI=1S/C16H24N2OSi/c1-16(2,3)20(5,6)19-14-9-7-8-13(12-14)15-10-11-18(4)17-15/h7-12H,1-6H3. The molecule has 0 unspecified atom stereocenters. The molecule has 0 fully saturated rings. The number of nitrogens with zero attached hydrogens (tertiary/aromatic N) is 2. The Morgan fingerprint density at radius 2 is 1.85 bits per heavy atom. The van der Waals surface area contributed by atoms with Gasteiger partial charge in [-0.05, 0) is 36.3 Å². The van der Waals surface area contributed by atoms with Crippen LogP contribution in [0.1, 0.15) is 20.8 Å². The van der Waals surface area contributed by atoms with E-state index in [2.05, 4.69) is 51.1 Å². The first kappa shape index (κ1) is 14.8. The van der Waals surface area contributed by atoms with E-state index >= 15 is 0 Å². The average molecular weight is 288 g/mol. The molecule has 0 bridgehead atoms. The molecule has 1 aromatic carbocycles. The van der Waals surface area contributed by atoms with Crippen LogP contribution in [0.5, 0.6) is 5.75 Å². The van der Waals surface area contributed by atoms with Crippen molar-refractivity contribution < 1.29 is 4.43 Å². The van der Waals surface area contributed by atoms with Crippen molar-refractivity contribution in [1.29, 1.82) is 0 Å². The van der Waals surface area contributed by atoms with E-state index in [-0.39, 0.29) is 5.04 Å². The van der Waals surface area contributed by atoms with Crippen molar-refractivity contribution in [2.24, 2.45) is 7.05 Å². The van der Waals surface area contributed by atoms with Gasteiger partial charge in [0.15, 0.2) is 0 Å². The molecule has 2 aromatic rings. The zero-order valence-electron chi connectivity index (χ0n) is 13.3. The number of aromatic nitrogens is 2. The fourth-order valence-corrected chi connectivity index (χ4v) is 2.76. The van der Waals surface area contributed by atoms with Crippen molar-refractivity contribution in [1.82, 2.24) is 9.78 Å². The second kappa shape index (κ2) is 5.09. The van der Waals surface area contributed by atoms with Gasteiger partial charge in [-0.3, -0.25) is 4.68 Å². The molecule has 0 aliphatic rings. The summed E-state index contributed by atoms with van der Waals surface area (Å²) in [6.07, 6.45) is 1.96. The fraction of sp³-hybridized carbons (Fsp3) is 0.438. The Bertz CT molecular complexity index is 597. The summed E-state index contributed by atoms with van der Waals surface area (Å²) in [7, 11) is 0.140. The summed E-state index contributed by atoms with van der Waals surface area (Å²) >= 11 is 0. The van der Waals surface area contributed by atoms with Gasteiger partial charge in [-0.1, -0.05) is 32.9 Å². The van der Waals surface area contributed by atoms with Crippen LogP contribution in [0.25, 0.3) is 11.3 Å². The van der Waals surface area contributed by atoms with Gasteiger partial charge in [0.2, 0.25) is 8.32 Å². The van der Waals surface area contributed by atoms with Gasteiger partial charge in [0.1, 0.15) is 5.75 Å². The zero-order chi connectivity index (χ0) is 15.0. The molecule has 1 aromatic heterocycles. The Kier molecular flexibility index (Phi) is 3.78. The highest BCUT2D eigenvalue weighted by atomic mass is 28.4. The first-order valence-electron chi connectivity index (χ1n) is 6.98. The van der Waals surface area contributed by atoms with Crippen LogP contribution in [-0.4, -0.2) is 18.1 Å². The van der Waals surface area contributed by atoms with E-state index in [1.54, 1.807) is 0 Å². The molecule has 0 atom stereocenters. The smallest absolute Gasteiger partial charge is 0.250 e. The fourth-order valence-electron chi connectivity index (χ4n) is 1.74. The van der Waals surface area contributed by atoms with E-state index in [9.17, 15) is 0 Å². The molecule has 0 aliphatic carbocycles. The molecule has 2 rings (SSSR count). The summed E-state index contributed by atoms with van der Waals surface area (Å²) in [6, 6.07) is 10.2. The third-order valence-corrected chi connectivity index (χ3v) is 8.38. The summed E-state index contributed by atoms with van der Waals surface area (Å²) in [4.78, 5) is 0. The molecule has 0 radical (unpaired) electrons. The van der Waals surface area contributed by atoms with Gasteiger partial charge in [-0.25, -0.2) is 0 Å². The largest absolute Gasteiger partial charge is 0.543 e. The van der Waals surface area contributed by atoms with Gasteiger partial charge in [-0.2, -0.15) is 5.10 Å². The van der Waals surface area contributed by atoms with Gasteiger partial charge in [0, 0.05) is 18.8 Å². The predicted octanol–water partition coefficient (Wildman–Crippen LogP) is 4.47. The Hall–Kier alpha value is -1.55. The van der Waals surface area contributed by atoms with Crippen LogP contribution in [0.3, 0.4) is 0 Å². The second-order valence-electron chi connectivity index (χ2n) is 6.76. The van der Waals surface area contributed by atoms with E-state index in [1.165, 1.54) is 0 Å². The van der Waals surface area contributed by atoms with Crippen LogP contribution in [0.4, 0.5) is 0 Å². The Labute approximate surface area is 122 Å². The molecule has 0 spiro atoms. The predicted molar refractivity (Wildman–Crippen MR) is 86.5 cm³/mol. The first-order valence-corrected chi connectivity index (χ1v) is 9.89. The van der Waals surface area contributed by atoms with Crippen molar-refractivity contribution in [3.63, 3.8) is 0 Å². The summed E-state index contributed by atoms with van der Waals surface area (Å²) in [5.74, 6) is 0.944. The molecule has 0 saturated heterocycles. The molecule has 0 N–H and O–H groups in total. The minimum Gasteiger partial charge on any atom is -0.543 e. The van der Waals surface area contributed by atoms with Crippen LogP contribution >= 0.6 is 0 Å². The third-order valence-electron chi connectivity index (χ3n) is 4.02. The Morgan fingerprint density at radius 3 is 2.40 bits per heavy atom. The van der Waals surface area contributed by atoms with Crippen molar-refractivity contribution in [2.75, 3.05) is 0 Å².